The highest BCUT2D eigenvalue weighted by molar-refractivity contribution is 5.91. The number of rotatable bonds is 2. The third-order valence-corrected chi connectivity index (χ3v) is 4.15. The highest BCUT2D eigenvalue weighted by Gasteiger charge is 2.27. The Morgan fingerprint density at radius 2 is 1.95 bits per heavy atom. The van der Waals surface area contributed by atoms with Gasteiger partial charge in [0.15, 0.2) is 0 Å². The predicted octanol–water partition coefficient (Wildman–Crippen LogP) is 3.37. The van der Waals surface area contributed by atoms with Crippen molar-refractivity contribution in [3.05, 3.63) is 60.8 Å². The van der Waals surface area contributed by atoms with Gasteiger partial charge in [-0.25, -0.2) is 0 Å². The lowest BCUT2D eigenvalue weighted by molar-refractivity contribution is 0.717. The van der Waals surface area contributed by atoms with Gasteiger partial charge in [0.1, 0.15) is 0 Å². The zero-order valence-corrected chi connectivity index (χ0v) is 11.7. The van der Waals surface area contributed by atoms with Crippen molar-refractivity contribution < 1.29 is 0 Å². The smallest absolute Gasteiger partial charge is 0.0753 e. The van der Waals surface area contributed by atoms with Crippen molar-refractivity contribution in [1.82, 2.24) is 15.0 Å². The number of hydrogen-bond acceptors (Lipinski definition) is 4. The Morgan fingerprint density at radius 1 is 1.00 bits per heavy atom. The molecule has 21 heavy (non-hydrogen) atoms. The maximum absolute atomic E-state index is 4.43. The summed E-state index contributed by atoms with van der Waals surface area (Å²) < 4.78 is 0. The molecular formula is C17H16N4. The van der Waals surface area contributed by atoms with E-state index >= 15 is 0 Å². The van der Waals surface area contributed by atoms with Gasteiger partial charge in [-0.3, -0.25) is 15.0 Å². The SMILES string of the molecule is c1cncc(C2CCCN2c2ccnc3ccncc23)c1. The Bertz CT molecular complexity index is 752. The second-order valence-corrected chi connectivity index (χ2v) is 5.36. The first-order valence-corrected chi connectivity index (χ1v) is 7.29. The summed E-state index contributed by atoms with van der Waals surface area (Å²) in [6.07, 6.45) is 11.8. The van der Waals surface area contributed by atoms with E-state index in [1.807, 2.05) is 36.9 Å². The first-order chi connectivity index (χ1) is 10.4. The summed E-state index contributed by atoms with van der Waals surface area (Å²) >= 11 is 0. The molecule has 0 spiro atoms. The van der Waals surface area contributed by atoms with Crippen LogP contribution in [-0.4, -0.2) is 21.5 Å². The average Bonchev–Trinajstić information content (AvgIpc) is 3.04. The van der Waals surface area contributed by atoms with Gasteiger partial charge in [0.25, 0.3) is 0 Å². The van der Waals surface area contributed by atoms with Crippen molar-refractivity contribution in [2.45, 2.75) is 18.9 Å². The number of aromatic nitrogens is 3. The molecule has 0 N–H and O–H groups in total. The van der Waals surface area contributed by atoms with E-state index < -0.39 is 0 Å². The van der Waals surface area contributed by atoms with Crippen molar-refractivity contribution in [1.29, 1.82) is 0 Å². The lowest BCUT2D eigenvalue weighted by Gasteiger charge is -2.27. The lowest BCUT2D eigenvalue weighted by atomic mass is 10.1. The van der Waals surface area contributed by atoms with Crippen LogP contribution in [0.4, 0.5) is 5.69 Å². The molecule has 3 aromatic heterocycles. The summed E-state index contributed by atoms with van der Waals surface area (Å²) in [5, 5.41) is 1.12. The highest BCUT2D eigenvalue weighted by Crippen LogP contribution is 2.38. The van der Waals surface area contributed by atoms with Crippen LogP contribution in [0.1, 0.15) is 24.4 Å². The van der Waals surface area contributed by atoms with E-state index in [4.69, 9.17) is 0 Å². The van der Waals surface area contributed by atoms with Crippen LogP contribution in [0.15, 0.2) is 55.2 Å². The molecule has 0 aromatic carbocycles. The van der Waals surface area contributed by atoms with Crippen molar-refractivity contribution >= 4 is 16.6 Å². The largest absolute Gasteiger partial charge is 0.364 e. The summed E-state index contributed by atoms with van der Waals surface area (Å²) in [6, 6.07) is 8.63. The molecule has 0 bridgehead atoms. The Kier molecular flexibility index (Phi) is 2.99. The highest BCUT2D eigenvalue weighted by atomic mass is 15.2. The van der Waals surface area contributed by atoms with Crippen LogP contribution in [0.3, 0.4) is 0 Å². The molecular weight excluding hydrogens is 260 g/mol. The summed E-state index contributed by atoms with van der Waals surface area (Å²) in [7, 11) is 0. The van der Waals surface area contributed by atoms with E-state index in [0.717, 1.165) is 23.9 Å². The van der Waals surface area contributed by atoms with E-state index in [2.05, 4.69) is 32.0 Å². The van der Waals surface area contributed by atoms with E-state index in [1.165, 1.54) is 17.7 Å². The van der Waals surface area contributed by atoms with Crippen LogP contribution < -0.4 is 4.90 Å². The maximum atomic E-state index is 4.43. The minimum atomic E-state index is 0.393. The molecule has 1 unspecified atom stereocenters. The second-order valence-electron chi connectivity index (χ2n) is 5.36. The molecule has 1 saturated heterocycles. The average molecular weight is 276 g/mol. The summed E-state index contributed by atoms with van der Waals surface area (Å²) in [5.41, 5.74) is 3.50. The summed E-state index contributed by atoms with van der Waals surface area (Å²) in [5.74, 6) is 0. The van der Waals surface area contributed by atoms with Gasteiger partial charge in [-0.2, -0.15) is 0 Å². The predicted molar refractivity (Wildman–Crippen MR) is 83.1 cm³/mol. The quantitative estimate of drug-likeness (QED) is 0.719. The molecule has 3 aromatic rings. The van der Waals surface area contributed by atoms with Crippen molar-refractivity contribution in [3.8, 4) is 0 Å². The van der Waals surface area contributed by atoms with E-state index in [1.54, 1.807) is 6.20 Å². The van der Waals surface area contributed by atoms with Crippen molar-refractivity contribution in [2.24, 2.45) is 0 Å². The molecule has 4 rings (SSSR count). The summed E-state index contributed by atoms with van der Waals surface area (Å²) in [6.45, 7) is 1.06. The molecule has 0 radical (unpaired) electrons. The van der Waals surface area contributed by atoms with Gasteiger partial charge in [0.2, 0.25) is 0 Å². The lowest BCUT2D eigenvalue weighted by Crippen LogP contribution is -2.22. The second kappa shape index (κ2) is 5.13. The zero-order chi connectivity index (χ0) is 14.1. The molecule has 4 heteroatoms. The fraction of sp³-hybridized carbons (Fsp3) is 0.235. The van der Waals surface area contributed by atoms with Gasteiger partial charge in [-0.05, 0) is 36.6 Å². The van der Waals surface area contributed by atoms with Crippen molar-refractivity contribution in [2.75, 3.05) is 11.4 Å². The minimum absolute atomic E-state index is 0.393. The van der Waals surface area contributed by atoms with Crippen LogP contribution in [-0.2, 0) is 0 Å². The Labute approximate surface area is 123 Å². The molecule has 4 nitrogen and oxygen atoms in total. The minimum Gasteiger partial charge on any atom is -0.364 e. The standard InChI is InChI=1S/C17H16N4/c1-3-13(11-18-7-1)16-4-2-10-21(16)17-6-9-20-15-5-8-19-12-14(15)17/h1,3,5-9,11-12,16H,2,4,10H2. The summed E-state index contributed by atoms with van der Waals surface area (Å²) in [4.78, 5) is 15.4. The number of fused-ring (bicyclic) bond motifs is 1. The van der Waals surface area contributed by atoms with Gasteiger partial charge < -0.3 is 4.90 Å². The molecule has 1 fully saturated rings. The molecule has 104 valence electrons. The molecule has 1 atom stereocenters. The first-order valence-electron chi connectivity index (χ1n) is 7.29. The molecule has 4 heterocycles. The number of hydrogen-bond donors (Lipinski definition) is 0. The van der Waals surface area contributed by atoms with Crippen LogP contribution in [0.25, 0.3) is 10.9 Å². The molecule has 1 aliphatic rings. The van der Waals surface area contributed by atoms with E-state index in [-0.39, 0.29) is 0 Å². The third-order valence-electron chi connectivity index (χ3n) is 4.15. The Balaban J connectivity index is 1.81. The monoisotopic (exact) mass is 276 g/mol. The van der Waals surface area contributed by atoms with Crippen molar-refractivity contribution in [3.63, 3.8) is 0 Å². The molecule has 0 amide bonds. The molecule has 0 aliphatic carbocycles. The molecule has 1 aliphatic heterocycles. The topological polar surface area (TPSA) is 41.9 Å². The van der Waals surface area contributed by atoms with Gasteiger partial charge in [0, 0.05) is 48.6 Å². The normalized spacial score (nSPS) is 18.3. The van der Waals surface area contributed by atoms with E-state index in [9.17, 15) is 0 Å². The number of nitrogens with zero attached hydrogens (tertiary/aromatic N) is 4. The first kappa shape index (κ1) is 12.3. The van der Waals surface area contributed by atoms with Crippen LogP contribution in [0.5, 0.6) is 0 Å². The third kappa shape index (κ3) is 2.13. The fourth-order valence-corrected chi connectivity index (χ4v) is 3.20. The molecule has 0 saturated carbocycles. The van der Waals surface area contributed by atoms with E-state index in [0.29, 0.717) is 6.04 Å². The maximum Gasteiger partial charge on any atom is 0.0753 e. The van der Waals surface area contributed by atoms with Gasteiger partial charge in [0.05, 0.1) is 11.6 Å². The van der Waals surface area contributed by atoms with Crippen LogP contribution in [0.2, 0.25) is 0 Å². The number of anilines is 1. The van der Waals surface area contributed by atoms with Crippen LogP contribution in [0, 0.1) is 0 Å². The van der Waals surface area contributed by atoms with Gasteiger partial charge in [-0.15, -0.1) is 0 Å². The zero-order valence-electron chi connectivity index (χ0n) is 11.7. The Morgan fingerprint density at radius 3 is 2.86 bits per heavy atom. The number of pyridine rings is 3. The van der Waals surface area contributed by atoms with Gasteiger partial charge >= 0.3 is 0 Å². The Hall–Kier alpha value is -2.49. The fourth-order valence-electron chi connectivity index (χ4n) is 3.20. The van der Waals surface area contributed by atoms with Crippen LogP contribution >= 0.6 is 0 Å². The van der Waals surface area contributed by atoms with Gasteiger partial charge in [-0.1, -0.05) is 6.07 Å².